The standard InChI is InChI=1S/C20H27NO2.C4H4O4/c1-15-9-10-16(2)19(13-15)20(22)11-12-21-17(3)14-23-18-7-5-4-6-8-18;5-3(6)1-2-4(7)8/h4-10,13,17,20-22H,11-12,14H2,1-3H3;1-2H,(H,5,6)(H,7,8)/b;2-1+. The number of carboxylic acid groups (broad SMARTS) is 2. The van der Waals surface area contributed by atoms with E-state index in [1.165, 1.54) is 5.56 Å². The molecule has 4 N–H and O–H groups in total. The highest BCUT2D eigenvalue weighted by Crippen LogP contribution is 2.21. The van der Waals surface area contributed by atoms with Crippen LogP contribution in [0, 0.1) is 13.8 Å². The second-order valence-electron chi connectivity index (χ2n) is 7.28. The van der Waals surface area contributed by atoms with Gasteiger partial charge in [-0.1, -0.05) is 42.0 Å². The van der Waals surface area contributed by atoms with Crippen LogP contribution in [0.25, 0.3) is 0 Å². The maximum absolute atomic E-state index is 10.4. The van der Waals surface area contributed by atoms with Crippen molar-refractivity contribution in [1.29, 1.82) is 0 Å². The van der Waals surface area contributed by atoms with Crippen molar-refractivity contribution in [2.45, 2.75) is 39.3 Å². The quantitative estimate of drug-likeness (QED) is 0.487. The van der Waals surface area contributed by atoms with Gasteiger partial charge in [-0.15, -0.1) is 0 Å². The maximum atomic E-state index is 10.4. The molecule has 0 spiro atoms. The third kappa shape index (κ3) is 11.6. The van der Waals surface area contributed by atoms with E-state index in [-0.39, 0.29) is 0 Å². The Morgan fingerprint density at radius 2 is 1.81 bits per heavy atom. The summed E-state index contributed by atoms with van der Waals surface area (Å²) in [6, 6.07) is 16.5. The van der Waals surface area contributed by atoms with Gasteiger partial charge in [0.15, 0.2) is 0 Å². The van der Waals surface area contributed by atoms with Gasteiger partial charge in [-0.25, -0.2) is 4.79 Å². The van der Waals surface area contributed by atoms with Crippen molar-refractivity contribution in [1.82, 2.24) is 0 Å². The minimum atomic E-state index is -1.51. The van der Waals surface area contributed by atoms with Crippen molar-refractivity contribution >= 4 is 11.9 Å². The van der Waals surface area contributed by atoms with Crippen LogP contribution in [0.5, 0.6) is 5.75 Å². The van der Waals surface area contributed by atoms with Crippen LogP contribution >= 0.6 is 0 Å². The van der Waals surface area contributed by atoms with Crippen molar-refractivity contribution in [3.05, 3.63) is 77.4 Å². The number of quaternary nitrogens is 1. The summed E-state index contributed by atoms with van der Waals surface area (Å²) >= 11 is 0. The van der Waals surface area contributed by atoms with Gasteiger partial charge in [0.1, 0.15) is 18.4 Å². The number of ether oxygens (including phenoxy) is 1. The van der Waals surface area contributed by atoms with E-state index >= 15 is 0 Å². The minimum Gasteiger partial charge on any atom is -0.545 e. The Morgan fingerprint density at radius 1 is 1.13 bits per heavy atom. The van der Waals surface area contributed by atoms with Gasteiger partial charge < -0.3 is 30.2 Å². The molecule has 168 valence electrons. The summed E-state index contributed by atoms with van der Waals surface area (Å²) in [4.78, 5) is 19.0. The number of benzene rings is 2. The zero-order chi connectivity index (χ0) is 23.2. The third-order valence-corrected chi connectivity index (χ3v) is 4.42. The number of rotatable bonds is 10. The number of aliphatic carboxylic acids is 2. The zero-order valence-electron chi connectivity index (χ0n) is 18.2. The van der Waals surface area contributed by atoms with Gasteiger partial charge in [0.2, 0.25) is 0 Å². The van der Waals surface area contributed by atoms with Gasteiger partial charge in [0, 0.05) is 12.5 Å². The Hall–Kier alpha value is -3.16. The van der Waals surface area contributed by atoms with Gasteiger partial charge in [-0.05, 0) is 50.1 Å². The smallest absolute Gasteiger partial charge is 0.328 e. The van der Waals surface area contributed by atoms with Gasteiger partial charge in [-0.2, -0.15) is 0 Å². The molecule has 0 saturated carbocycles. The normalized spacial score (nSPS) is 12.5. The molecule has 2 aromatic carbocycles. The number of aryl methyl sites for hydroxylation is 2. The Morgan fingerprint density at radius 3 is 2.39 bits per heavy atom. The van der Waals surface area contributed by atoms with Crippen molar-refractivity contribution in [2.75, 3.05) is 13.2 Å². The van der Waals surface area contributed by atoms with Crippen LogP contribution in [0.2, 0.25) is 0 Å². The molecular weight excluding hydrogens is 398 g/mol. The van der Waals surface area contributed by atoms with E-state index in [4.69, 9.17) is 9.84 Å². The third-order valence-electron chi connectivity index (χ3n) is 4.42. The van der Waals surface area contributed by atoms with Gasteiger partial charge >= 0.3 is 5.97 Å². The lowest BCUT2D eigenvalue weighted by atomic mass is 9.99. The van der Waals surface area contributed by atoms with E-state index < -0.39 is 18.0 Å². The van der Waals surface area contributed by atoms with Gasteiger partial charge in [0.05, 0.1) is 18.6 Å². The second kappa shape index (κ2) is 14.0. The molecule has 0 aliphatic heterocycles. The molecule has 2 rings (SSSR count). The Kier molecular flexibility index (Phi) is 11.6. The molecule has 31 heavy (non-hydrogen) atoms. The summed E-state index contributed by atoms with van der Waals surface area (Å²) in [5, 5.41) is 29.9. The predicted octanol–water partition coefficient (Wildman–Crippen LogP) is 1.13. The summed E-state index contributed by atoms with van der Waals surface area (Å²) in [5.41, 5.74) is 3.40. The largest absolute Gasteiger partial charge is 0.545 e. The average Bonchev–Trinajstić information content (AvgIpc) is 2.73. The van der Waals surface area contributed by atoms with Gasteiger partial charge in [0.25, 0.3) is 0 Å². The molecule has 7 nitrogen and oxygen atoms in total. The van der Waals surface area contributed by atoms with Crippen LogP contribution in [0.3, 0.4) is 0 Å². The van der Waals surface area contributed by atoms with Gasteiger partial charge in [-0.3, -0.25) is 0 Å². The zero-order valence-corrected chi connectivity index (χ0v) is 18.2. The number of carbonyl (C=O) groups excluding carboxylic acids is 1. The molecular formula is C24H31NO6. The van der Waals surface area contributed by atoms with Crippen LogP contribution in [0.4, 0.5) is 0 Å². The fourth-order valence-corrected chi connectivity index (χ4v) is 2.76. The first kappa shape index (κ1) is 25.9. The number of para-hydroxylation sites is 1. The van der Waals surface area contributed by atoms with Crippen molar-refractivity contribution in [3.8, 4) is 5.75 Å². The van der Waals surface area contributed by atoms with E-state index in [2.05, 4.69) is 44.3 Å². The Labute approximate surface area is 183 Å². The molecule has 7 heteroatoms. The average molecular weight is 430 g/mol. The SMILES string of the molecule is Cc1ccc(C)c(C(O)CC[NH2+]C(C)COc2ccccc2)c1.O=C([O-])/C=C/C(=O)O. The molecule has 2 atom stereocenters. The monoisotopic (exact) mass is 429 g/mol. The number of hydrogen-bond acceptors (Lipinski definition) is 5. The first-order valence-electron chi connectivity index (χ1n) is 10.1. The van der Waals surface area contributed by atoms with E-state index in [0.717, 1.165) is 29.8 Å². The highest BCUT2D eigenvalue weighted by molar-refractivity contribution is 5.88. The van der Waals surface area contributed by atoms with E-state index in [1.807, 2.05) is 30.3 Å². The first-order valence-corrected chi connectivity index (χ1v) is 10.1. The molecule has 2 unspecified atom stereocenters. The fourth-order valence-electron chi connectivity index (χ4n) is 2.76. The Balaban J connectivity index is 0.000000512. The molecule has 0 aromatic heterocycles. The second-order valence-corrected chi connectivity index (χ2v) is 7.28. The lowest BCUT2D eigenvalue weighted by molar-refractivity contribution is -0.688. The number of aliphatic hydroxyl groups excluding tert-OH is 1. The predicted molar refractivity (Wildman–Crippen MR) is 115 cm³/mol. The van der Waals surface area contributed by atoms with Crippen molar-refractivity contribution in [3.63, 3.8) is 0 Å². The van der Waals surface area contributed by atoms with E-state index in [9.17, 15) is 19.8 Å². The Bertz CT molecular complexity index is 834. The van der Waals surface area contributed by atoms with Crippen LogP contribution in [-0.2, 0) is 9.59 Å². The van der Waals surface area contributed by atoms with Crippen LogP contribution in [0.15, 0.2) is 60.7 Å². The van der Waals surface area contributed by atoms with Crippen LogP contribution < -0.4 is 15.2 Å². The molecule has 0 heterocycles. The van der Waals surface area contributed by atoms with E-state index in [1.54, 1.807) is 0 Å². The number of aliphatic hydroxyl groups is 1. The lowest BCUT2D eigenvalue weighted by Crippen LogP contribution is -2.90. The van der Waals surface area contributed by atoms with E-state index in [0.29, 0.717) is 24.8 Å². The van der Waals surface area contributed by atoms with Crippen LogP contribution in [0.1, 0.15) is 36.1 Å². The molecule has 2 aromatic rings. The van der Waals surface area contributed by atoms with Crippen molar-refractivity contribution in [2.24, 2.45) is 0 Å². The summed E-state index contributed by atoms with van der Waals surface area (Å²) in [6.45, 7) is 7.81. The molecule has 0 saturated heterocycles. The number of carboxylic acids is 2. The first-order chi connectivity index (χ1) is 14.7. The number of carbonyl (C=O) groups is 2. The highest BCUT2D eigenvalue weighted by Gasteiger charge is 2.13. The maximum Gasteiger partial charge on any atom is 0.328 e. The van der Waals surface area contributed by atoms with Crippen LogP contribution in [-0.4, -0.2) is 41.3 Å². The summed E-state index contributed by atoms with van der Waals surface area (Å²) in [7, 11) is 0. The fraction of sp³-hybridized carbons (Fsp3) is 0.333. The number of hydrogen-bond donors (Lipinski definition) is 3. The number of nitrogens with two attached hydrogens (primary N) is 1. The molecule has 0 bridgehead atoms. The lowest BCUT2D eigenvalue weighted by Gasteiger charge is -2.16. The summed E-state index contributed by atoms with van der Waals surface area (Å²) < 4.78 is 5.75. The topological polar surface area (TPSA) is 124 Å². The molecule has 0 aliphatic carbocycles. The summed E-state index contributed by atoms with van der Waals surface area (Å²) in [5.74, 6) is -1.90. The molecule has 0 radical (unpaired) electrons. The molecule has 0 aliphatic rings. The minimum absolute atomic E-state index is 0.362. The molecule has 0 fully saturated rings. The summed E-state index contributed by atoms with van der Waals surface area (Å²) in [6.07, 6.45) is 1.30. The highest BCUT2D eigenvalue weighted by atomic mass is 16.5. The molecule has 0 amide bonds. The van der Waals surface area contributed by atoms with Crippen molar-refractivity contribution < 1.29 is 35.0 Å².